The summed E-state index contributed by atoms with van der Waals surface area (Å²) in [5.74, 6) is 0. The van der Waals surface area contributed by atoms with Crippen LogP contribution < -0.4 is 0 Å². The summed E-state index contributed by atoms with van der Waals surface area (Å²) in [6.45, 7) is 0. The Morgan fingerprint density at radius 2 is 0.941 bits per heavy atom. The molecule has 0 bridgehead atoms. The maximum absolute atomic E-state index is 2.55. The molecule has 0 spiro atoms. The summed E-state index contributed by atoms with van der Waals surface area (Å²) >= 11 is 0. The smallest absolute Gasteiger partial charge is 0.0134 e. The van der Waals surface area contributed by atoms with Crippen LogP contribution in [0.2, 0.25) is 0 Å². The molecule has 0 unspecified atom stereocenters. The van der Waals surface area contributed by atoms with E-state index < -0.39 is 0 Å². The van der Waals surface area contributed by atoms with Crippen LogP contribution in [0.4, 0.5) is 0 Å². The SMILES string of the molecule is C1=C(C2(C3=Cc4c(cccc4-c4ccccc4)C3)CCC2)Cc2cccc(-c3ccccc3)c21. The topological polar surface area (TPSA) is 0 Å². The van der Waals surface area contributed by atoms with E-state index in [-0.39, 0.29) is 5.41 Å². The zero-order valence-corrected chi connectivity index (χ0v) is 19.4. The fourth-order valence-corrected chi connectivity index (χ4v) is 6.47. The summed E-state index contributed by atoms with van der Waals surface area (Å²) in [7, 11) is 0. The molecule has 0 aromatic heterocycles. The van der Waals surface area contributed by atoms with Crippen molar-refractivity contribution >= 4 is 12.2 Å². The molecule has 4 aromatic carbocycles. The second-order valence-corrected chi connectivity index (χ2v) is 10.1. The second-order valence-electron chi connectivity index (χ2n) is 10.1. The van der Waals surface area contributed by atoms with Crippen LogP contribution in [0.5, 0.6) is 0 Å². The highest BCUT2D eigenvalue weighted by Gasteiger charge is 2.45. The van der Waals surface area contributed by atoms with Crippen molar-refractivity contribution in [3.63, 3.8) is 0 Å². The van der Waals surface area contributed by atoms with Crippen LogP contribution in [0.3, 0.4) is 0 Å². The molecule has 0 aliphatic heterocycles. The third kappa shape index (κ3) is 2.98. The summed E-state index contributed by atoms with van der Waals surface area (Å²) in [6.07, 6.45) is 11.2. The van der Waals surface area contributed by atoms with E-state index in [1.54, 1.807) is 11.1 Å². The van der Waals surface area contributed by atoms with Crippen molar-refractivity contribution in [2.24, 2.45) is 5.41 Å². The van der Waals surface area contributed by atoms with E-state index in [4.69, 9.17) is 0 Å². The second kappa shape index (κ2) is 7.71. The molecule has 34 heavy (non-hydrogen) atoms. The van der Waals surface area contributed by atoms with Crippen LogP contribution in [0.25, 0.3) is 34.4 Å². The van der Waals surface area contributed by atoms with E-state index in [0.29, 0.717) is 0 Å². The molecule has 0 nitrogen and oxygen atoms in total. The van der Waals surface area contributed by atoms with Gasteiger partial charge in [0.15, 0.2) is 0 Å². The largest absolute Gasteiger partial charge is 0.0622 e. The summed E-state index contributed by atoms with van der Waals surface area (Å²) in [6, 6.07) is 35.5. The molecule has 1 saturated carbocycles. The molecular weight excluding hydrogens is 408 g/mol. The van der Waals surface area contributed by atoms with Crippen LogP contribution in [0.15, 0.2) is 108 Å². The summed E-state index contributed by atoms with van der Waals surface area (Å²) in [5, 5.41) is 0. The predicted octanol–water partition coefficient (Wildman–Crippen LogP) is 8.77. The Morgan fingerprint density at radius 1 is 0.471 bits per heavy atom. The molecule has 1 fully saturated rings. The number of benzene rings is 4. The first kappa shape index (κ1) is 19.8. The standard InChI is InChI=1S/C34H28/c1-3-10-24(11-4-1)30-16-7-14-26-20-28(22-32(26)30)34(18-9-19-34)29-21-27-15-8-17-31(33(27)23-29)25-12-5-2-6-13-25/h1-8,10-17,22-23H,9,18-21H2. The van der Waals surface area contributed by atoms with E-state index in [2.05, 4.69) is 109 Å². The Bertz CT molecular complexity index is 1340. The van der Waals surface area contributed by atoms with Crippen molar-refractivity contribution in [3.8, 4) is 22.3 Å². The molecule has 0 heterocycles. The van der Waals surface area contributed by atoms with Gasteiger partial charge >= 0.3 is 0 Å². The molecule has 3 aliphatic carbocycles. The van der Waals surface area contributed by atoms with Crippen molar-refractivity contribution in [1.82, 2.24) is 0 Å². The fraction of sp³-hybridized carbons (Fsp3) is 0.176. The zero-order chi connectivity index (χ0) is 22.5. The van der Waals surface area contributed by atoms with E-state index in [1.165, 1.54) is 63.8 Å². The van der Waals surface area contributed by atoms with Gasteiger partial charge in [-0.05, 0) is 70.2 Å². The normalized spacial score (nSPS) is 17.4. The van der Waals surface area contributed by atoms with Crippen molar-refractivity contribution in [2.75, 3.05) is 0 Å². The van der Waals surface area contributed by atoms with Gasteiger partial charge in [-0.15, -0.1) is 0 Å². The summed E-state index contributed by atoms with van der Waals surface area (Å²) in [4.78, 5) is 0. The van der Waals surface area contributed by atoms with Crippen molar-refractivity contribution < 1.29 is 0 Å². The predicted molar refractivity (Wildman–Crippen MR) is 143 cm³/mol. The highest BCUT2D eigenvalue weighted by molar-refractivity contribution is 5.84. The lowest BCUT2D eigenvalue weighted by Crippen LogP contribution is -2.34. The number of fused-ring (bicyclic) bond motifs is 2. The molecule has 0 amide bonds. The van der Waals surface area contributed by atoms with Gasteiger partial charge in [-0.25, -0.2) is 0 Å². The monoisotopic (exact) mass is 436 g/mol. The minimum absolute atomic E-state index is 0.236. The highest BCUT2D eigenvalue weighted by Crippen LogP contribution is 2.58. The van der Waals surface area contributed by atoms with Crippen LogP contribution in [-0.4, -0.2) is 0 Å². The lowest BCUT2D eigenvalue weighted by atomic mass is 9.59. The van der Waals surface area contributed by atoms with Gasteiger partial charge in [-0.2, -0.15) is 0 Å². The lowest BCUT2D eigenvalue weighted by molar-refractivity contribution is 0.235. The molecular formula is C34H28. The lowest BCUT2D eigenvalue weighted by Gasteiger charge is -2.45. The average molecular weight is 437 g/mol. The third-order valence-electron chi connectivity index (χ3n) is 8.40. The molecule has 164 valence electrons. The van der Waals surface area contributed by atoms with Crippen LogP contribution >= 0.6 is 0 Å². The van der Waals surface area contributed by atoms with Gasteiger partial charge in [0.25, 0.3) is 0 Å². The first-order valence-electron chi connectivity index (χ1n) is 12.6. The van der Waals surface area contributed by atoms with E-state index in [9.17, 15) is 0 Å². The summed E-state index contributed by atoms with van der Waals surface area (Å²) in [5.41, 5.74) is 14.8. The van der Waals surface area contributed by atoms with Gasteiger partial charge in [0.1, 0.15) is 0 Å². The van der Waals surface area contributed by atoms with E-state index in [0.717, 1.165) is 12.8 Å². The van der Waals surface area contributed by atoms with E-state index >= 15 is 0 Å². The van der Waals surface area contributed by atoms with Gasteiger partial charge in [-0.3, -0.25) is 0 Å². The maximum atomic E-state index is 2.55. The van der Waals surface area contributed by atoms with Gasteiger partial charge < -0.3 is 0 Å². The quantitative estimate of drug-likeness (QED) is 0.300. The Hall–Kier alpha value is -3.64. The highest BCUT2D eigenvalue weighted by atomic mass is 14.5. The van der Waals surface area contributed by atoms with Crippen molar-refractivity contribution in [2.45, 2.75) is 32.1 Å². The molecule has 0 heteroatoms. The number of hydrogen-bond donors (Lipinski definition) is 0. The Labute approximate surface area is 202 Å². The zero-order valence-electron chi connectivity index (χ0n) is 19.4. The molecule has 7 rings (SSSR count). The van der Waals surface area contributed by atoms with Crippen molar-refractivity contribution in [1.29, 1.82) is 0 Å². The van der Waals surface area contributed by atoms with Crippen LogP contribution in [0.1, 0.15) is 41.5 Å². The van der Waals surface area contributed by atoms with Crippen LogP contribution in [0, 0.1) is 5.41 Å². The van der Waals surface area contributed by atoms with Gasteiger partial charge in [0.2, 0.25) is 0 Å². The molecule has 0 saturated heterocycles. The van der Waals surface area contributed by atoms with Gasteiger partial charge in [-0.1, -0.05) is 127 Å². The molecule has 0 radical (unpaired) electrons. The molecule has 3 aliphatic rings. The number of rotatable bonds is 4. The molecule has 0 atom stereocenters. The maximum Gasteiger partial charge on any atom is 0.0134 e. The molecule has 0 N–H and O–H groups in total. The average Bonchev–Trinajstić information content (AvgIpc) is 3.49. The minimum atomic E-state index is 0.236. The number of allylic oxidation sites excluding steroid dienone is 2. The van der Waals surface area contributed by atoms with Gasteiger partial charge in [0.05, 0.1) is 0 Å². The first-order valence-corrected chi connectivity index (χ1v) is 12.6. The Kier molecular flexibility index (Phi) is 4.49. The first-order chi connectivity index (χ1) is 16.8. The minimum Gasteiger partial charge on any atom is -0.0622 e. The number of hydrogen-bond acceptors (Lipinski definition) is 0. The van der Waals surface area contributed by atoms with E-state index in [1.807, 2.05) is 0 Å². The van der Waals surface area contributed by atoms with Crippen LogP contribution in [-0.2, 0) is 12.8 Å². The third-order valence-corrected chi connectivity index (χ3v) is 8.40. The Balaban J connectivity index is 1.30. The van der Waals surface area contributed by atoms with Crippen molar-refractivity contribution in [3.05, 3.63) is 130 Å². The Morgan fingerprint density at radius 3 is 1.35 bits per heavy atom. The fourth-order valence-electron chi connectivity index (χ4n) is 6.47. The van der Waals surface area contributed by atoms with Gasteiger partial charge in [0, 0.05) is 5.41 Å². The summed E-state index contributed by atoms with van der Waals surface area (Å²) < 4.78 is 0. The molecule has 4 aromatic rings.